The minimum absolute atomic E-state index is 1.10. The number of benzene rings is 3. The van der Waals surface area contributed by atoms with Crippen molar-refractivity contribution in [3.05, 3.63) is 153 Å². The van der Waals surface area contributed by atoms with E-state index in [1.165, 1.54) is 74.1 Å². The van der Waals surface area contributed by atoms with Gasteiger partial charge in [0.2, 0.25) is 0 Å². The summed E-state index contributed by atoms with van der Waals surface area (Å²) in [6, 6.07) is 23.2. The van der Waals surface area contributed by atoms with E-state index < -0.39 is 0 Å². The molecule has 0 bridgehead atoms. The van der Waals surface area contributed by atoms with Crippen molar-refractivity contribution in [2.24, 2.45) is 0 Å². The van der Waals surface area contributed by atoms with Gasteiger partial charge in [-0.05, 0) is 145 Å². The molecule has 3 aromatic carbocycles. The maximum Gasteiger partial charge on any atom is -0.0164 e. The van der Waals surface area contributed by atoms with Crippen LogP contribution in [0.4, 0.5) is 0 Å². The molecule has 0 nitrogen and oxygen atoms in total. The van der Waals surface area contributed by atoms with E-state index in [0.29, 0.717) is 0 Å². The van der Waals surface area contributed by atoms with Crippen LogP contribution in [0.5, 0.6) is 0 Å². The zero-order valence-electron chi connectivity index (χ0n) is 29.8. The van der Waals surface area contributed by atoms with Crippen LogP contribution in [-0.4, -0.2) is 0 Å². The van der Waals surface area contributed by atoms with E-state index in [-0.39, 0.29) is 0 Å². The third-order valence-electron chi connectivity index (χ3n) is 7.48. The Balaban J connectivity index is 0.000000626. The van der Waals surface area contributed by atoms with E-state index in [9.17, 15) is 0 Å². The van der Waals surface area contributed by atoms with Gasteiger partial charge in [0.25, 0.3) is 0 Å². The maximum atomic E-state index is 4.14. The Hall–Kier alpha value is -3.64. The zero-order chi connectivity index (χ0) is 33.1. The predicted octanol–water partition coefficient (Wildman–Crippen LogP) is 13.7. The Morgan fingerprint density at radius 3 is 1.63 bits per heavy atom. The van der Waals surface area contributed by atoms with E-state index in [1.54, 1.807) is 11.6 Å². The van der Waals surface area contributed by atoms with Crippen molar-refractivity contribution in [2.75, 3.05) is 0 Å². The number of hydrogen-bond donors (Lipinski definition) is 0. The second-order valence-electron chi connectivity index (χ2n) is 11.8. The SMILES string of the molecule is C=C(/C=C(\C)c1ccccc1C)C(C)=C(C)C.C=CC.CCCC(=C(C)C)c1c(C)ccc(C)c1C.Cc1ccccc1. The lowest BCUT2D eigenvalue weighted by Gasteiger charge is -2.17. The Kier molecular flexibility index (Phi) is 19.3. The molecule has 0 amide bonds. The summed E-state index contributed by atoms with van der Waals surface area (Å²) < 4.78 is 0. The molecule has 43 heavy (non-hydrogen) atoms. The molecule has 0 aliphatic heterocycles. The largest absolute Gasteiger partial charge is 0.103 e. The summed E-state index contributed by atoms with van der Waals surface area (Å²) in [7, 11) is 0. The van der Waals surface area contributed by atoms with Crippen LogP contribution in [-0.2, 0) is 0 Å². The van der Waals surface area contributed by atoms with Crippen LogP contribution in [0, 0.1) is 34.6 Å². The van der Waals surface area contributed by atoms with Gasteiger partial charge in [-0.25, -0.2) is 0 Å². The second kappa shape index (κ2) is 21.1. The number of allylic oxidation sites excluding steroid dienone is 8. The van der Waals surface area contributed by atoms with Gasteiger partial charge in [-0.3, -0.25) is 0 Å². The first-order valence-corrected chi connectivity index (χ1v) is 15.6. The molecule has 0 atom stereocenters. The van der Waals surface area contributed by atoms with Gasteiger partial charge in [0.15, 0.2) is 0 Å². The minimum Gasteiger partial charge on any atom is -0.103 e. The fourth-order valence-electron chi connectivity index (χ4n) is 4.61. The molecule has 232 valence electrons. The maximum absolute atomic E-state index is 4.14. The molecule has 0 spiro atoms. The van der Waals surface area contributed by atoms with E-state index >= 15 is 0 Å². The molecule has 0 aliphatic carbocycles. The molecule has 3 aromatic rings. The van der Waals surface area contributed by atoms with Gasteiger partial charge in [0.05, 0.1) is 0 Å². The van der Waals surface area contributed by atoms with Gasteiger partial charge in [-0.1, -0.05) is 116 Å². The smallest absolute Gasteiger partial charge is 0.0164 e. The molecule has 0 radical (unpaired) electrons. The highest BCUT2D eigenvalue weighted by Gasteiger charge is 2.10. The topological polar surface area (TPSA) is 0 Å². The first-order chi connectivity index (χ1) is 20.2. The van der Waals surface area contributed by atoms with E-state index in [1.807, 2.05) is 25.1 Å². The average Bonchev–Trinajstić information content (AvgIpc) is 2.96. The second-order valence-corrected chi connectivity index (χ2v) is 11.8. The van der Waals surface area contributed by atoms with Gasteiger partial charge in [0, 0.05) is 0 Å². The average molecular weight is 577 g/mol. The van der Waals surface area contributed by atoms with Crippen molar-refractivity contribution >= 4 is 11.1 Å². The first kappa shape index (κ1) is 39.4. The quantitative estimate of drug-likeness (QED) is 0.202. The molecule has 0 N–H and O–H groups in total. The van der Waals surface area contributed by atoms with E-state index in [2.05, 4.69) is 151 Å². The highest BCUT2D eigenvalue weighted by atomic mass is 14.2. The molecule has 0 fully saturated rings. The fraction of sp³-hybridized carbons (Fsp3) is 0.349. The molecule has 0 aliphatic rings. The normalized spacial score (nSPS) is 10.0. The molecule has 0 aromatic heterocycles. The van der Waals surface area contributed by atoms with Crippen molar-refractivity contribution in [1.82, 2.24) is 0 Å². The van der Waals surface area contributed by atoms with Gasteiger partial charge < -0.3 is 0 Å². The Bertz CT molecular complexity index is 1380. The van der Waals surface area contributed by atoms with Crippen molar-refractivity contribution < 1.29 is 0 Å². The van der Waals surface area contributed by atoms with Crippen LogP contribution in [0.3, 0.4) is 0 Å². The molecule has 0 heterocycles. The summed E-state index contributed by atoms with van der Waals surface area (Å²) in [6.07, 6.45) is 6.32. The van der Waals surface area contributed by atoms with E-state index in [4.69, 9.17) is 0 Å². The highest BCUT2D eigenvalue weighted by Crippen LogP contribution is 2.31. The molecular formula is C43H60. The van der Waals surface area contributed by atoms with Crippen LogP contribution in [0.2, 0.25) is 0 Å². The fourth-order valence-corrected chi connectivity index (χ4v) is 4.61. The van der Waals surface area contributed by atoms with Crippen molar-refractivity contribution in [2.45, 2.75) is 103 Å². The van der Waals surface area contributed by atoms with Gasteiger partial charge in [0.1, 0.15) is 0 Å². The molecular weight excluding hydrogens is 516 g/mol. The Morgan fingerprint density at radius 2 is 1.19 bits per heavy atom. The van der Waals surface area contributed by atoms with Gasteiger partial charge >= 0.3 is 0 Å². The lowest BCUT2D eigenvalue weighted by atomic mass is 9.88. The monoisotopic (exact) mass is 576 g/mol. The summed E-state index contributed by atoms with van der Waals surface area (Å²) in [5, 5.41) is 0. The minimum atomic E-state index is 1.10. The number of hydrogen-bond acceptors (Lipinski definition) is 0. The van der Waals surface area contributed by atoms with Gasteiger partial charge in [-0.15, -0.1) is 6.58 Å². The van der Waals surface area contributed by atoms with Crippen molar-refractivity contribution in [1.29, 1.82) is 0 Å². The van der Waals surface area contributed by atoms with Crippen LogP contribution < -0.4 is 0 Å². The van der Waals surface area contributed by atoms with Gasteiger partial charge in [-0.2, -0.15) is 0 Å². The number of aryl methyl sites for hydroxylation is 4. The summed E-state index contributed by atoms with van der Waals surface area (Å²) in [6.45, 7) is 35.5. The molecule has 0 saturated carbocycles. The van der Waals surface area contributed by atoms with Crippen molar-refractivity contribution in [3.8, 4) is 0 Å². The molecule has 0 unspecified atom stereocenters. The summed E-state index contributed by atoms with van der Waals surface area (Å²) in [5.74, 6) is 0. The first-order valence-electron chi connectivity index (χ1n) is 15.6. The van der Waals surface area contributed by atoms with Crippen LogP contribution in [0.15, 0.2) is 114 Å². The molecule has 3 rings (SSSR count). The molecule has 0 saturated heterocycles. The van der Waals surface area contributed by atoms with Crippen molar-refractivity contribution in [3.63, 3.8) is 0 Å². The van der Waals surface area contributed by atoms with Crippen LogP contribution in [0.25, 0.3) is 11.1 Å². The van der Waals surface area contributed by atoms with E-state index in [0.717, 1.165) is 5.57 Å². The standard InChI is InChI=1S/C17H22.C16H24.C7H8.C3H6/c1-12(2)16(6)14(4)11-15(5)17-10-8-7-9-13(17)3;1-7-8-15(11(2)3)16-13(5)10-9-12(4)14(16)6;1-7-5-3-2-4-6-7;1-3-2/h7-11H,4H2,1-3,5-6H3;9-10H,7-8H2,1-6H3;2-6H,1H3;3H,1H2,2H3/b15-11+;;;. The van der Waals surface area contributed by atoms with Crippen LogP contribution in [0.1, 0.15) is 107 Å². The summed E-state index contributed by atoms with van der Waals surface area (Å²) >= 11 is 0. The highest BCUT2D eigenvalue weighted by molar-refractivity contribution is 5.73. The number of rotatable bonds is 6. The lowest BCUT2D eigenvalue weighted by Crippen LogP contribution is -1.97. The summed E-state index contributed by atoms with van der Waals surface area (Å²) in [4.78, 5) is 0. The summed E-state index contributed by atoms with van der Waals surface area (Å²) in [5.41, 5.74) is 17.7. The molecule has 0 heteroatoms. The predicted molar refractivity (Wildman–Crippen MR) is 199 cm³/mol. The third kappa shape index (κ3) is 14.4. The Morgan fingerprint density at radius 1 is 0.674 bits per heavy atom. The Labute approximate surface area is 266 Å². The zero-order valence-corrected chi connectivity index (χ0v) is 29.8. The lowest BCUT2D eigenvalue weighted by molar-refractivity contribution is 0.960. The van der Waals surface area contributed by atoms with Crippen LogP contribution >= 0.6 is 0 Å². The third-order valence-corrected chi connectivity index (χ3v) is 7.48.